The molecule has 0 spiro atoms. The van der Waals surface area contributed by atoms with Crippen LogP contribution >= 0.6 is 0 Å². The molecule has 1 heterocycles. The molecule has 0 bridgehead atoms. The molecule has 2 rings (SSSR count). The van der Waals surface area contributed by atoms with Gasteiger partial charge in [-0.2, -0.15) is 4.31 Å². The van der Waals surface area contributed by atoms with Crippen molar-refractivity contribution in [1.29, 1.82) is 0 Å². The molecule has 1 N–H and O–H groups in total. The van der Waals surface area contributed by atoms with E-state index in [0.29, 0.717) is 26.2 Å². The van der Waals surface area contributed by atoms with Gasteiger partial charge in [-0.1, -0.05) is 20.8 Å². The van der Waals surface area contributed by atoms with E-state index in [1.807, 2.05) is 18.7 Å². The third kappa shape index (κ3) is 6.53. The first kappa shape index (κ1) is 22.8. The van der Waals surface area contributed by atoms with Crippen molar-refractivity contribution in [3.8, 4) is 0 Å². The largest absolute Gasteiger partial charge is 0.350 e. The fraction of sp³-hybridized carbons (Fsp3) is 0.650. The Hall–Kier alpha value is -1.51. The second-order valence-corrected chi connectivity index (χ2v) is 11.2. The summed E-state index contributed by atoms with van der Waals surface area (Å²) in [7, 11) is -3.64. The highest BCUT2D eigenvalue weighted by Gasteiger charge is 2.31. The van der Waals surface area contributed by atoms with Crippen LogP contribution in [0.15, 0.2) is 29.2 Å². The lowest BCUT2D eigenvalue weighted by Crippen LogP contribution is -2.53. The standard InChI is InChI=1S/C20H32FN3O3S/c1-19(2,3)15-20(4,5)22-18(25)14-23-10-12-24(13-11-23)28(26,27)17-8-6-16(21)7-9-17/h6-9H,10-15H2,1-5H3,(H,22,25). The topological polar surface area (TPSA) is 69.7 Å². The van der Waals surface area contributed by atoms with E-state index in [1.165, 1.54) is 16.4 Å². The van der Waals surface area contributed by atoms with Gasteiger partial charge in [0.05, 0.1) is 11.4 Å². The van der Waals surface area contributed by atoms with E-state index in [4.69, 9.17) is 0 Å². The number of carbonyl (C=O) groups is 1. The Labute approximate surface area is 168 Å². The number of hydrogen-bond acceptors (Lipinski definition) is 4. The Kier molecular flexibility index (Phi) is 6.89. The molecular formula is C20H32FN3O3S. The Morgan fingerprint density at radius 3 is 2.07 bits per heavy atom. The minimum atomic E-state index is -3.64. The second-order valence-electron chi connectivity index (χ2n) is 9.30. The van der Waals surface area contributed by atoms with Crippen molar-refractivity contribution in [3.63, 3.8) is 0 Å². The number of halogens is 1. The zero-order chi connectivity index (χ0) is 21.2. The maximum Gasteiger partial charge on any atom is 0.243 e. The smallest absolute Gasteiger partial charge is 0.243 e. The zero-order valence-corrected chi connectivity index (χ0v) is 18.3. The fourth-order valence-corrected chi connectivity index (χ4v) is 5.30. The number of amides is 1. The van der Waals surface area contributed by atoms with Crippen molar-refractivity contribution in [2.24, 2.45) is 5.41 Å². The average molecular weight is 414 g/mol. The Bertz CT molecular complexity index is 778. The van der Waals surface area contributed by atoms with Crippen LogP contribution in [-0.2, 0) is 14.8 Å². The first-order valence-corrected chi connectivity index (χ1v) is 11.0. The van der Waals surface area contributed by atoms with Gasteiger partial charge in [-0.25, -0.2) is 12.8 Å². The lowest BCUT2D eigenvalue weighted by Gasteiger charge is -2.36. The van der Waals surface area contributed by atoms with Gasteiger partial charge >= 0.3 is 0 Å². The van der Waals surface area contributed by atoms with Gasteiger partial charge < -0.3 is 5.32 Å². The van der Waals surface area contributed by atoms with E-state index in [-0.39, 0.29) is 28.3 Å². The highest BCUT2D eigenvalue weighted by atomic mass is 32.2. The van der Waals surface area contributed by atoms with Crippen molar-refractivity contribution < 1.29 is 17.6 Å². The highest BCUT2D eigenvalue weighted by molar-refractivity contribution is 7.89. The lowest BCUT2D eigenvalue weighted by atomic mass is 9.82. The van der Waals surface area contributed by atoms with E-state index in [0.717, 1.165) is 18.6 Å². The molecule has 28 heavy (non-hydrogen) atoms. The maximum atomic E-state index is 13.0. The molecule has 0 saturated carbocycles. The monoisotopic (exact) mass is 413 g/mol. The highest BCUT2D eigenvalue weighted by Crippen LogP contribution is 2.26. The van der Waals surface area contributed by atoms with Crippen LogP contribution in [0.2, 0.25) is 0 Å². The van der Waals surface area contributed by atoms with Gasteiger partial charge in [0.15, 0.2) is 0 Å². The van der Waals surface area contributed by atoms with Crippen LogP contribution in [0, 0.1) is 11.2 Å². The summed E-state index contributed by atoms with van der Waals surface area (Å²) < 4.78 is 39.7. The number of sulfonamides is 1. The summed E-state index contributed by atoms with van der Waals surface area (Å²) in [6.45, 7) is 12.3. The van der Waals surface area contributed by atoms with Gasteiger partial charge in [0.2, 0.25) is 15.9 Å². The molecule has 0 atom stereocenters. The summed E-state index contributed by atoms with van der Waals surface area (Å²) in [6, 6.07) is 4.85. The summed E-state index contributed by atoms with van der Waals surface area (Å²) in [5.74, 6) is -0.520. The van der Waals surface area contributed by atoms with Gasteiger partial charge in [-0.15, -0.1) is 0 Å². The van der Waals surface area contributed by atoms with Crippen LogP contribution in [0.1, 0.15) is 41.0 Å². The zero-order valence-electron chi connectivity index (χ0n) is 17.5. The second kappa shape index (κ2) is 8.47. The number of rotatable bonds is 6. The van der Waals surface area contributed by atoms with Gasteiger partial charge in [0, 0.05) is 31.7 Å². The van der Waals surface area contributed by atoms with Crippen LogP contribution in [0.4, 0.5) is 4.39 Å². The predicted octanol–water partition coefficient (Wildman–Crippen LogP) is 2.46. The van der Waals surface area contributed by atoms with Crippen molar-refractivity contribution in [1.82, 2.24) is 14.5 Å². The number of nitrogens with zero attached hydrogens (tertiary/aromatic N) is 2. The van der Waals surface area contributed by atoms with Crippen LogP contribution < -0.4 is 5.32 Å². The molecule has 158 valence electrons. The third-order valence-electron chi connectivity index (χ3n) is 4.60. The number of benzene rings is 1. The average Bonchev–Trinajstić information content (AvgIpc) is 2.52. The molecule has 0 aromatic heterocycles. The molecule has 1 aliphatic rings. The van der Waals surface area contributed by atoms with Crippen molar-refractivity contribution in [2.75, 3.05) is 32.7 Å². The Balaban J connectivity index is 1.88. The van der Waals surface area contributed by atoms with Crippen molar-refractivity contribution in [3.05, 3.63) is 30.1 Å². The van der Waals surface area contributed by atoms with Gasteiger partial charge in [-0.3, -0.25) is 9.69 Å². The van der Waals surface area contributed by atoms with Crippen molar-refractivity contribution >= 4 is 15.9 Å². The number of carbonyl (C=O) groups excluding carboxylic acids is 1. The predicted molar refractivity (Wildman–Crippen MR) is 108 cm³/mol. The SMILES string of the molecule is CC(C)(C)CC(C)(C)NC(=O)CN1CCN(S(=O)(=O)c2ccc(F)cc2)CC1. The minimum Gasteiger partial charge on any atom is -0.350 e. The lowest BCUT2D eigenvalue weighted by molar-refractivity contribution is -0.124. The minimum absolute atomic E-state index is 0.0518. The van der Waals surface area contributed by atoms with Crippen molar-refractivity contribution in [2.45, 2.75) is 51.5 Å². The first-order valence-electron chi connectivity index (χ1n) is 9.58. The van der Waals surface area contributed by atoms with Crippen LogP contribution in [0.25, 0.3) is 0 Å². The van der Waals surface area contributed by atoms with E-state index in [9.17, 15) is 17.6 Å². The Morgan fingerprint density at radius 1 is 1.04 bits per heavy atom. The molecule has 1 aliphatic heterocycles. The van der Waals surface area contributed by atoms with E-state index >= 15 is 0 Å². The molecule has 0 aliphatic carbocycles. The molecule has 1 aromatic rings. The molecule has 0 unspecified atom stereocenters. The quantitative estimate of drug-likeness (QED) is 0.778. The molecule has 1 amide bonds. The molecule has 1 aromatic carbocycles. The summed E-state index contributed by atoms with van der Waals surface area (Å²) >= 11 is 0. The molecular weight excluding hydrogens is 381 g/mol. The van der Waals surface area contributed by atoms with Crippen LogP contribution in [0.3, 0.4) is 0 Å². The van der Waals surface area contributed by atoms with E-state index in [1.54, 1.807) is 0 Å². The van der Waals surface area contributed by atoms with Gasteiger partial charge in [-0.05, 0) is 49.9 Å². The number of piperazine rings is 1. The summed E-state index contributed by atoms with van der Waals surface area (Å²) in [5, 5.41) is 3.08. The molecule has 1 saturated heterocycles. The first-order chi connectivity index (χ1) is 12.8. The summed E-state index contributed by atoms with van der Waals surface area (Å²) in [5.41, 5.74) is -0.194. The van der Waals surface area contributed by atoms with E-state index < -0.39 is 15.8 Å². The number of hydrogen-bond donors (Lipinski definition) is 1. The molecule has 6 nitrogen and oxygen atoms in total. The summed E-state index contributed by atoms with van der Waals surface area (Å²) in [4.78, 5) is 14.5. The van der Waals surface area contributed by atoms with Gasteiger partial charge in [0.1, 0.15) is 5.82 Å². The molecule has 1 fully saturated rings. The van der Waals surface area contributed by atoms with Crippen LogP contribution in [0.5, 0.6) is 0 Å². The third-order valence-corrected chi connectivity index (χ3v) is 6.51. The Morgan fingerprint density at radius 2 is 1.57 bits per heavy atom. The van der Waals surface area contributed by atoms with Gasteiger partial charge in [0.25, 0.3) is 0 Å². The summed E-state index contributed by atoms with van der Waals surface area (Å²) in [6.07, 6.45) is 0.857. The maximum absolute atomic E-state index is 13.0. The normalized spacial score (nSPS) is 17.5. The molecule has 0 radical (unpaired) electrons. The molecule has 8 heteroatoms. The van der Waals surface area contributed by atoms with E-state index in [2.05, 4.69) is 26.1 Å². The van der Waals surface area contributed by atoms with Crippen LogP contribution in [-0.4, -0.2) is 61.8 Å². The number of nitrogens with one attached hydrogen (secondary N) is 1. The fourth-order valence-electron chi connectivity index (χ4n) is 3.87.